The summed E-state index contributed by atoms with van der Waals surface area (Å²) in [5.74, 6) is 1.20. The van der Waals surface area contributed by atoms with Crippen molar-refractivity contribution in [2.24, 2.45) is 0 Å². The topological polar surface area (TPSA) is 61.3 Å². The summed E-state index contributed by atoms with van der Waals surface area (Å²) in [6.45, 7) is 2.10. The molecular weight excluding hydrogens is 216 g/mol. The maximum Gasteiger partial charge on any atom is 0.225 e. The molecule has 0 bridgehead atoms. The first kappa shape index (κ1) is 11.5. The Hall–Kier alpha value is -1.97. The van der Waals surface area contributed by atoms with Gasteiger partial charge in [0.1, 0.15) is 11.4 Å². The van der Waals surface area contributed by atoms with E-state index in [9.17, 15) is 0 Å². The summed E-state index contributed by atoms with van der Waals surface area (Å²) in [5.41, 5.74) is 8.52. The summed E-state index contributed by atoms with van der Waals surface area (Å²) in [7, 11) is 1.64. The highest BCUT2D eigenvalue weighted by Gasteiger charge is 2.14. The Labute approximate surface area is 100 Å². The minimum atomic E-state index is 0.407. The molecule has 0 aliphatic carbocycles. The average Bonchev–Trinajstić information content (AvgIpc) is 2.72. The Morgan fingerprint density at radius 1 is 1.41 bits per heavy atom. The first-order valence-electron chi connectivity index (χ1n) is 5.64. The van der Waals surface area contributed by atoms with E-state index in [0.717, 1.165) is 35.4 Å². The molecule has 0 spiro atoms. The second-order valence-electron chi connectivity index (χ2n) is 3.86. The predicted octanol–water partition coefficient (Wildman–Crippen LogP) is 2.88. The molecule has 0 amide bonds. The zero-order valence-corrected chi connectivity index (χ0v) is 10.1. The molecule has 2 rings (SSSR count). The van der Waals surface area contributed by atoms with E-state index >= 15 is 0 Å². The molecule has 1 aromatic carbocycles. The smallest absolute Gasteiger partial charge is 0.225 e. The third kappa shape index (κ3) is 2.25. The molecule has 1 heterocycles. The molecule has 2 N–H and O–H groups in total. The summed E-state index contributed by atoms with van der Waals surface area (Å²) in [5, 5.41) is 4.02. The summed E-state index contributed by atoms with van der Waals surface area (Å²) in [6, 6.07) is 7.72. The van der Waals surface area contributed by atoms with E-state index in [1.165, 1.54) is 0 Å². The van der Waals surface area contributed by atoms with Crippen molar-refractivity contribution in [2.75, 3.05) is 12.8 Å². The fourth-order valence-corrected chi connectivity index (χ4v) is 1.81. The van der Waals surface area contributed by atoms with Crippen molar-refractivity contribution < 1.29 is 9.26 Å². The van der Waals surface area contributed by atoms with Crippen LogP contribution in [0.4, 0.5) is 5.88 Å². The second-order valence-corrected chi connectivity index (χ2v) is 3.86. The molecule has 0 saturated heterocycles. The molecule has 17 heavy (non-hydrogen) atoms. The Morgan fingerprint density at radius 2 is 2.24 bits per heavy atom. The van der Waals surface area contributed by atoms with Crippen molar-refractivity contribution >= 4 is 5.88 Å². The van der Waals surface area contributed by atoms with Gasteiger partial charge in [0.15, 0.2) is 0 Å². The number of nitrogens with two attached hydrogens (primary N) is 1. The number of nitrogen functional groups attached to an aromatic ring is 1. The van der Waals surface area contributed by atoms with Crippen LogP contribution in [0.15, 0.2) is 28.8 Å². The van der Waals surface area contributed by atoms with Crippen LogP contribution in [0, 0.1) is 0 Å². The Kier molecular flexibility index (Phi) is 3.32. The quantitative estimate of drug-likeness (QED) is 0.880. The van der Waals surface area contributed by atoms with Gasteiger partial charge in [-0.2, -0.15) is 0 Å². The molecule has 0 radical (unpaired) electrons. The number of benzene rings is 1. The van der Waals surface area contributed by atoms with E-state index in [-0.39, 0.29) is 0 Å². The van der Waals surface area contributed by atoms with Crippen LogP contribution >= 0.6 is 0 Å². The van der Waals surface area contributed by atoms with Gasteiger partial charge in [-0.1, -0.05) is 30.6 Å². The maximum atomic E-state index is 5.77. The van der Waals surface area contributed by atoms with Gasteiger partial charge >= 0.3 is 0 Å². The van der Waals surface area contributed by atoms with Crippen LogP contribution < -0.4 is 10.5 Å². The number of hydrogen-bond donors (Lipinski definition) is 1. The van der Waals surface area contributed by atoms with Gasteiger partial charge in [0.2, 0.25) is 5.88 Å². The summed E-state index contributed by atoms with van der Waals surface area (Å²) in [4.78, 5) is 0. The van der Waals surface area contributed by atoms with Crippen molar-refractivity contribution in [2.45, 2.75) is 19.8 Å². The van der Waals surface area contributed by atoms with Crippen molar-refractivity contribution in [3.05, 3.63) is 29.8 Å². The molecule has 4 heteroatoms. The lowest BCUT2D eigenvalue weighted by Gasteiger charge is -2.03. The van der Waals surface area contributed by atoms with Crippen LogP contribution in [0.3, 0.4) is 0 Å². The summed E-state index contributed by atoms with van der Waals surface area (Å²) < 4.78 is 10.3. The van der Waals surface area contributed by atoms with Gasteiger partial charge in [0, 0.05) is 11.1 Å². The van der Waals surface area contributed by atoms with Gasteiger partial charge < -0.3 is 15.0 Å². The highest BCUT2D eigenvalue weighted by atomic mass is 16.5. The summed E-state index contributed by atoms with van der Waals surface area (Å²) in [6.07, 6.45) is 1.87. The number of ether oxygens (including phenoxy) is 1. The molecule has 0 atom stereocenters. The Balaban J connectivity index is 2.44. The van der Waals surface area contributed by atoms with E-state index in [4.69, 9.17) is 15.0 Å². The van der Waals surface area contributed by atoms with Crippen molar-refractivity contribution in [3.8, 4) is 17.0 Å². The predicted molar refractivity (Wildman–Crippen MR) is 66.9 cm³/mol. The standard InChI is InChI=1S/C13H16N2O2/c1-3-5-11-12(15-17-13(11)14)9-6-4-7-10(8-9)16-2/h4,6-8H,3,5,14H2,1-2H3. The number of aromatic nitrogens is 1. The minimum Gasteiger partial charge on any atom is -0.497 e. The van der Waals surface area contributed by atoms with Gasteiger partial charge in [-0.05, 0) is 18.6 Å². The largest absolute Gasteiger partial charge is 0.497 e. The van der Waals surface area contributed by atoms with Gasteiger partial charge in [0.25, 0.3) is 0 Å². The third-order valence-electron chi connectivity index (χ3n) is 2.66. The van der Waals surface area contributed by atoms with Crippen LogP contribution in [0.2, 0.25) is 0 Å². The highest BCUT2D eigenvalue weighted by molar-refractivity contribution is 5.68. The highest BCUT2D eigenvalue weighted by Crippen LogP contribution is 2.30. The molecule has 0 saturated carbocycles. The second kappa shape index (κ2) is 4.91. The third-order valence-corrected chi connectivity index (χ3v) is 2.66. The van der Waals surface area contributed by atoms with Crippen LogP contribution in [0.25, 0.3) is 11.3 Å². The lowest BCUT2D eigenvalue weighted by molar-refractivity contribution is 0.415. The lowest BCUT2D eigenvalue weighted by Crippen LogP contribution is -1.92. The first-order chi connectivity index (χ1) is 8.26. The van der Waals surface area contributed by atoms with Crippen LogP contribution in [-0.2, 0) is 6.42 Å². The van der Waals surface area contributed by atoms with E-state index in [2.05, 4.69) is 12.1 Å². The average molecular weight is 232 g/mol. The van der Waals surface area contributed by atoms with Crippen LogP contribution in [0.5, 0.6) is 5.75 Å². The SMILES string of the molecule is CCCc1c(-c2cccc(OC)c2)noc1N. The number of methoxy groups -OCH3 is 1. The minimum absolute atomic E-state index is 0.407. The van der Waals surface area contributed by atoms with E-state index < -0.39 is 0 Å². The monoisotopic (exact) mass is 232 g/mol. The van der Waals surface area contributed by atoms with Gasteiger partial charge in [-0.25, -0.2) is 0 Å². The molecule has 90 valence electrons. The molecule has 2 aromatic rings. The van der Waals surface area contributed by atoms with E-state index in [1.807, 2.05) is 24.3 Å². The van der Waals surface area contributed by atoms with Gasteiger partial charge in [0.05, 0.1) is 7.11 Å². The van der Waals surface area contributed by atoms with Crippen molar-refractivity contribution in [3.63, 3.8) is 0 Å². The van der Waals surface area contributed by atoms with Crippen LogP contribution in [0.1, 0.15) is 18.9 Å². The maximum absolute atomic E-state index is 5.77. The zero-order chi connectivity index (χ0) is 12.3. The Bertz CT molecular complexity index is 506. The molecule has 0 aliphatic rings. The molecule has 0 fully saturated rings. The van der Waals surface area contributed by atoms with E-state index in [0.29, 0.717) is 5.88 Å². The molecule has 1 aromatic heterocycles. The molecular formula is C13H16N2O2. The van der Waals surface area contributed by atoms with Crippen molar-refractivity contribution in [1.82, 2.24) is 5.16 Å². The lowest BCUT2D eigenvalue weighted by atomic mass is 10.0. The fraction of sp³-hybridized carbons (Fsp3) is 0.308. The van der Waals surface area contributed by atoms with Crippen LogP contribution in [-0.4, -0.2) is 12.3 Å². The first-order valence-corrected chi connectivity index (χ1v) is 5.64. The van der Waals surface area contributed by atoms with Crippen molar-refractivity contribution in [1.29, 1.82) is 0 Å². The van der Waals surface area contributed by atoms with Gasteiger partial charge in [-0.3, -0.25) is 0 Å². The number of nitrogens with zero attached hydrogens (tertiary/aromatic N) is 1. The fourth-order valence-electron chi connectivity index (χ4n) is 1.81. The zero-order valence-electron chi connectivity index (χ0n) is 10.1. The molecule has 4 nitrogen and oxygen atoms in total. The molecule has 0 unspecified atom stereocenters. The Morgan fingerprint density at radius 3 is 2.94 bits per heavy atom. The number of hydrogen-bond acceptors (Lipinski definition) is 4. The summed E-state index contributed by atoms with van der Waals surface area (Å²) >= 11 is 0. The van der Waals surface area contributed by atoms with Gasteiger partial charge in [-0.15, -0.1) is 0 Å². The molecule has 0 aliphatic heterocycles. The van der Waals surface area contributed by atoms with E-state index in [1.54, 1.807) is 7.11 Å². The number of rotatable bonds is 4. The normalized spacial score (nSPS) is 10.5. The number of anilines is 1.